The lowest BCUT2D eigenvalue weighted by Crippen LogP contribution is -2.32. The molecular formula is C22H24N4O6. The molecule has 0 spiro atoms. The van der Waals surface area contributed by atoms with Gasteiger partial charge in [-0.15, -0.1) is 0 Å². The van der Waals surface area contributed by atoms with Crippen molar-refractivity contribution in [2.24, 2.45) is 5.92 Å². The summed E-state index contributed by atoms with van der Waals surface area (Å²) in [6, 6.07) is 10.2. The molecule has 0 unspecified atom stereocenters. The third kappa shape index (κ3) is 4.85. The molecule has 0 saturated carbocycles. The van der Waals surface area contributed by atoms with Gasteiger partial charge in [0, 0.05) is 23.3 Å². The molecular weight excluding hydrogens is 416 g/mol. The lowest BCUT2D eigenvalue weighted by atomic mass is 9.98. The topological polar surface area (TPSA) is 130 Å². The maximum Gasteiger partial charge on any atom is 0.270 e. The molecule has 1 N–H and O–H groups in total. The Hall–Kier alpha value is -3.95. The standard InChI is InChI=1S/C22H24N4O6/c1-5-13(2)19(23-21(27)15-7-6-8-16(11-15)26(28)29)22-24-20(25-32-22)14-9-10-17(30-3)18(12-14)31-4/h6-13,19H,5H2,1-4H3,(H,23,27)/t13-,19+/m0/s1. The summed E-state index contributed by atoms with van der Waals surface area (Å²) in [7, 11) is 3.08. The Kier molecular flexibility index (Phi) is 7.04. The summed E-state index contributed by atoms with van der Waals surface area (Å²) in [5.74, 6) is 1.17. The number of nitro benzene ring substituents is 1. The Morgan fingerprint density at radius 2 is 1.94 bits per heavy atom. The number of benzene rings is 2. The number of nitrogens with one attached hydrogen (secondary N) is 1. The average molecular weight is 440 g/mol. The predicted molar refractivity (Wildman–Crippen MR) is 116 cm³/mol. The number of ether oxygens (including phenoxy) is 2. The first-order chi connectivity index (χ1) is 15.4. The number of hydrogen-bond donors (Lipinski definition) is 1. The van der Waals surface area contributed by atoms with Crippen LogP contribution in [0.1, 0.15) is 42.6 Å². The first kappa shape index (κ1) is 22.7. The fraction of sp³-hybridized carbons (Fsp3) is 0.318. The van der Waals surface area contributed by atoms with Crippen molar-refractivity contribution >= 4 is 11.6 Å². The molecule has 0 radical (unpaired) electrons. The quantitative estimate of drug-likeness (QED) is 0.387. The van der Waals surface area contributed by atoms with Crippen LogP contribution < -0.4 is 14.8 Å². The Morgan fingerprint density at radius 1 is 1.19 bits per heavy atom. The number of rotatable bonds is 9. The Morgan fingerprint density at radius 3 is 2.59 bits per heavy atom. The molecule has 10 heteroatoms. The zero-order valence-corrected chi connectivity index (χ0v) is 18.2. The van der Waals surface area contributed by atoms with Crippen LogP contribution in [0.3, 0.4) is 0 Å². The molecule has 168 valence electrons. The van der Waals surface area contributed by atoms with E-state index in [1.54, 1.807) is 25.3 Å². The van der Waals surface area contributed by atoms with Crippen molar-refractivity contribution in [2.45, 2.75) is 26.3 Å². The molecule has 10 nitrogen and oxygen atoms in total. The summed E-state index contributed by atoms with van der Waals surface area (Å²) >= 11 is 0. The van der Waals surface area contributed by atoms with Crippen LogP contribution >= 0.6 is 0 Å². The van der Waals surface area contributed by atoms with Gasteiger partial charge < -0.3 is 19.3 Å². The zero-order chi connectivity index (χ0) is 23.3. The number of carbonyl (C=O) groups is 1. The van der Waals surface area contributed by atoms with E-state index in [0.29, 0.717) is 22.9 Å². The second kappa shape index (κ2) is 9.90. The highest BCUT2D eigenvalue weighted by Gasteiger charge is 2.27. The van der Waals surface area contributed by atoms with E-state index < -0.39 is 16.9 Å². The van der Waals surface area contributed by atoms with E-state index in [2.05, 4.69) is 15.5 Å². The molecule has 0 bridgehead atoms. The number of nitro groups is 1. The summed E-state index contributed by atoms with van der Waals surface area (Å²) in [6.07, 6.45) is 0.730. The van der Waals surface area contributed by atoms with E-state index in [1.807, 2.05) is 13.8 Å². The molecule has 0 saturated heterocycles. The summed E-state index contributed by atoms with van der Waals surface area (Å²) < 4.78 is 16.0. The maximum atomic E-state index is 12.8. The van der Waals surface area contributed by atoms with Crippen LogP contribution in [0.5, 0.6) is 11.5 Å². The molecule has 3 aromatic rings. The van der Waals surface area contributed by atoms with Crippen molar-refractivity contribution in [2.75, 3.05) is 14.2 Å². The molecule has 32 heavy (non-hydrogen) atoms. The number of nitrogens with zero attached hydrogens (tertiary/aromatic N) is 3. The fourth-order valence-corrected chi connectivity index (χ4v) is 3.12. The van der Waals surface area contributed by atoms with Gasteiger partial charge in [-0.05, 0) is 30.2 Å². The lowest BCUT2D eigenvalue weighted by Gasteiger charge is -2.20. The van der Waals surface area contributed by atoms with Gasteiger partial charge in [0.1, 0.15) is 6.04 Å². The van der Waals surface area contributed by atoms with E-state index >= 15 is 0 Å². The SMILES string of the molecule is CC[C@H](C)[C@@H](NC(=O)c1cccc([N+](=O)[O-])c1)c1nc(-c2ccc(OC)c(OC)c2)no1. The number of aromatic nitrogens is 2. The van der Waals surface area contributed by atoms with E-state index in [4.69, 9.17) is 14.0 Å². The minimum atomic E-state index is -0.576. The average Bonchev–Trinajstić information content (AvgIpc) is 3.31. The van der Waals surface area contributed by atoms with Gasteiger partial charge in [-0.1, -0.05) is 31.5 Å². The Bertz CT molecular complexity index is 1110. The van der Waals surface area contributed by atoms with Gasteiger partial charge in [0.15, 0.2) is 11.5 Å². The van der Waals surface area contributed by atoms with Gasteiger partial charge in [-0.25, -0.2) is 0 Å². The second-order valence-corrected chi connectivity index (χ2v) is 7.17. The summed E-state index contributed by atoms with van der Waals surface area (Å²) in [4.78, 5) is 27.8. The van der Waals surface area contributed by atoms with Crippen LogP contribution in [0.4, 0.5) is 5.69 Å². The molecule has 2 aromatic carbocycles. The molecule has 1 aromatic heterocycles. The van der Waals surface area contributed by atoms with E-state index in [9.17, 15) is 14.9 Å². The first-order valence-electron chi connectivity index (χ1n) is 9.99. The first-order valence-corrected chi connectivity index (χ1v) is 9.99. The highest BCUT2D eigenvalue weighted by atomic mass is 16.6. The Balaban J connectivity index is 1.88. The largest absolute Gasteiger partial charge is 0.493 e. The number of hydrogen-bond acceptors (Lipinski definition) is 8. The molecule has 1 heterocycles. The van der Waals surface area contributed by atoms with Crippen molar-refractivity contribution in [3.8, 4) is 22.9 Å². The molecule has 2 atom stereocenters. The monoisotopic (exact) mass is 440 g/mol. The lowest BCUT2D eigenvalue weighted by molar-refractivity contribution is -0.384. The van der Waals surface area contributed by atoms with Crippen molar-refractivity contribution in [1.82, 2.24) is 15.5 Å². The van der Waals surface area contributed by atoms with Crippen LogP contribution in [-0.4, -0.2) is 35.2 Å². The number of non-ortho nitro benzene ring substituents is 1. The maximum absolute atomic E-state index is 12.8. The number of amides is 1. The van der Waals surface area contributed by atoms with E-state index in [1.165, 1.54) is 31.4 Å². The zero-order valence-electron chi connectivity index (χ0n) is 18.2. The molecule has 0 aliphatic heterocycles. The van der Waals surface area contributed by atoms with Crippen molar-refractivity contribution in [3.63, 3.8) is 0 Å². The van der Waals surface area contributed by atoms with Crippen LogP contribution in [0, 0.1) is 16.0 Å². The highest BCUT2D eigenvalue weighted by molar-refractivity contribution is 5.95. The van der Waals surface area contributed by atoms with E-state index in [0.717, 1.165) is 6.42 Å². The molecule has 0 aliphatic carbocycles. The molecule has 0 fully saturated rings. The summed E-state index contributed by atoms with van der Waals surface area (Å²) in [5, 5.41) is 17.9. The number of carbonyl (C=O) groups excluding carboxylic acids is 1. The normalized spacial score (nSPS) is 12.6. The van der Waals surface area contributed by atoms with Crippen molar-refractivity contribution < 1.29 is 23.7 Å². The van der Waals surface area contributed by atoms with Crippen LogP contribution in [0.15, 0.2) is 47.0 Å². The van der Waals surface area contributed by atoms with Crippen molar-refractivity contribution in [1.29, 1.82) is 0 Å². The van der Waals surface area contributed by atoms with Crippen LogP contribution in [-0.2, 0) is 0 Å². The second-order valence-electron chi connectivity index (χ2n) is 7.17. The molecule has 1 amide bonds. The van der Waals surface area contributed by atoms with Crippen LogP contribution in [0.25, 0.3) is 11.4 Å². The van der Waals surface area contributed by atoms with Gasteiger partial charge in [-0.3, -0.25) is 14.9 Å². The van der Waals surface area contributed by atoms with Gasteiger partial charge in [0.05, 0.1) is 19.1 Å². The molecule has 3 rings (SSSR count). The van der Waals surface area contributed by atoms with Crippen molar-refractivity contribution in [3.05, 3.63) is 64.0 Å². The highest BCUT2D eigenvalue weighted by Crippen LogP contribution is 2.32. The minimum absolute atomic E-state index is 0.0312. The molecule has 0 aliphatic rings. The van der Waals surface area contributed by atoms with Gasteiger partial charge in [0.25, 0.3) is 11.6 Å². The van der Waals surface area contributed by atoms with Crippen LogP contribution in [0.2, 0.25) is 0 Å². The van der Waals surface area contributed by atoms with Gasteiger partial charge >= 0.3 is 0 Å². The summed E-state index contributed by atoms with van der Waals surface area (Å²) in [6.45, 7) is 3.92. The summed E-state index contributed by atoms with van der Waals surface area (Å²) in [5.41, 5.74) is 0.670. The minimum Gasteiger partial charge on any atom is -0.493 e. The third-order valence-electron chi connectivity index (χ3n) is 5.17. The Labute approximate surface area is 184 Å². The third-order valence-corrected chi connectivity index (χ3v) is 5.17. The number of methoxy groups -OCH3 is 2. The van der Waals surface area contributed by atoms with Gasteiger partial charge in [-0.2, -0.15) is 4.98 Å². The van der Waals surface area contributed by atoms with E-state index in [-0.39, 0.29) is 23.1 Å². The smallest absolute Gasteiger partial charge is 0.270 e. The van der Waals surface area contributed by atoms with Gasteiger partial charge in [0.2, 0.25) is 11.7 Å². The fourth-order valence-electron chi connectivity index (χ4n) is 3.12. The predicted octanol–water partition coefficient (Wildman–Crippen LogP) is 4.18.